The van der Waals surface area contributed by atoms with Gasteiger partial charge in [0.15, 0.2) is 0 Å². The van der Waals surface area contributed by atoms with E-state index in [2.05, 4.69) is 26.3 Å². The lowest BCUT2D eigenvalue weighted by Gasteiger charge is -2.22. The van der Waals surface area contributed by atoms with E-state index in [1.54, 1.807) is 35.3 Å². The zero-order chi connectivity index (χ0) is 25.2. The first-order chi connectivity index (χ1) is 15.6. The molecule has 0 saturated heterocycles. The molecule has 0 spiro atoms. The largest absolute Gasteiger partial charge is 0.282 e. The van der Waals surface area contributed by atoms with Gasteiger partial charge in [-0.2, -0.15) is 11.8 Å². The summed E-state index contributed by atoms with van der Waals surface area (Å²) in [5.74, 6) is 2.83. The lowest BCUT2D eigenvalue weighted by atomic mass is 10.5. The first kappa shape index (κ1) is 33.1. The highest BCUT2D eigenvalue weighted by atomic mass is 32.2. The molecule has 4 nitrogen and oxygen atoms in total. The van der Waals surface area contributed by atoms with E-state index >= 15 is 0 Å². The van der Waals surface area contributed by atoms with Crippen LogP contribution < -0.4 is 0 Å². The minimum absolute atomic E-state index is 0.0350. The summed E-state index contributed by atoms with van der Waals surface area (Å²) in [6.07, 6.45) is 5.23. The van der Waals surface area contributed by atoms with Crippen LogP contribution in [0.2, 0.25) is 0 Å². The second-order valence-electron chi connectivity index (χ2n) is 6.14. The zero-order valence-electron chi connectivity index (χ0n) is 18.8. The summed E-state index contributed by atoms with van der Waals surface area (Å²) in [6, 6.07) is 0. The molecular weight excluding hydrogens is 553 g/mol. The van der Waals surface area contributed by atoms with E-state index in [-0.39, 0.29) is 40.1 Å². The quantitative estimate of drug-likeness (QED) is 0.133. The Morgan fingerprint density at radius 1 is 0.606 bits per heavy atom. The second kappa shape index (κ2) is 20.3. The number of carbonyl (C=O) groups excluding carboxylic acids is 4. The van der Waals surface area contributed by atoms with Gasteiger partial charge >= 0.3 is 0 Å². The molecule has 0 saturated carbocycles. The Hall–Kier alpha value is 0.0900. The minimum Gasteiger partial charge on any atom is -0.282 e. The van der Waals surface area contributed by atoms with Crippen molar-refractivity contribution in [1.82, 2.24) is 0 Å². The fraction of sp³-hybridized carbons (Fsp3) is 0.455. The van der Waals surface area contributed by atoms with Crippen LogP contribution in [0.5, 0.6) is 0 Å². The smallest absolute Gasteiger partial charge is 0.212 e. The highest BCUT2D eigenvalue weighted by Crippen LogP contribution is 2.35. The van der Waals surface area contributed by atoms with Crippen LogP contribution in [0.3, 0.4) is 0 Å². The van der Waals surface area contributed by atoms with Gasteiger partial charge in [-0.3, -0.25) is 19.2 Å². The van der Waals surface area contributed by atoms with Gasteiger partial charge in [0.2, 0.25) is 20.5 Å². The van der Waals surface area contributed by atoms with Crippen LogP contribution >= 0.6 is 82.3 Å². The highest BCUT2D eigenvalue weighted by molar-refractivity contribution is 8.26. The summed E-state index contributed by atoms with van der Waals surface area (Å²) >= 11 is 9.98. The van der Waals surface area contributed by atoms with Crippen molar-refractivity contribution in [1.29, 1.82) is 0 Å². The van der Waals surface area contributed by atoms with Crippen molar-refractivity contribution in [2.75, 3.05) is 23.0 Å². The number of rotatable bonds is 18. The summed E-state index contributed by atoms with van der Waals surface area (Å²) in [5.41, 5.74) is 0. The zero-order valence-corrected chi connectivity index (χ0v) is 24.5. The van der Waals surface area contributed by atoms with Crippen molar-refractivity contribution in [3.8, 4) is 0 Å². The van der Waals surface area contributed by atoms with Crippen LogP contribution in [0.15, 0.2) is 50.6 Å². The van der Waals surface area contributed by atoms with Crippen molar-refractivity contribution < 1.29 is 19.2 Å². The molecule has 0 aliphatic rings. The monoisotopic (exact) mass is 582 g/mol. The first-order valence-electron chi connectivity index (χ1n) is 9.78. The fourth-order valence-electron chi connectivity index (χ4n) is 2.07. The summed E-state index contributed by atoms with van der Waals surface area (Å²) in [5, 5.41) is 0.0315. The van der Waals surface area contributed by atoms with Gasteiger partial charge in [0, 0.05) is 33.5 Å². The Kier molecular flexibility index (Phi) is 20.4. The van der Waals surface area contributed by atoms with E-state index in [0.717, 1.165) is 11.5 Å². The van der Waals surface area contributed by atoms with E-state index in [1.165, 1.54) is 71.4 Å². The van der Waals surface area contributed by atoms with Crippen LogP contribution in [-0.4, -0.2) is 63.1 Å². The van der Waals surface area contributed by atoms with Crippen LogP contribution in [0.4, 0.5) is 0 Å². The summed E-state index contributed by atoms with van der Waals surface area (Å²) in [6.45, 7) is 18.0. The SMILES string of the molecule is C=CC(=O)SCC(CSCC(CSC(=O)C=C)SC(C)SC(=O)C=C)SC(C)SC(=O)C=C. The lowest BCUT2D eigenvalue weighted by Crippen LogP contribution is -2.19. The standard InChI is InChI=1S/C22H30O4S7/c1-7-19(23)28-13-17(30-15(5)32-21(25)9-3)11-27-12-18(14-29-20(24)8-2)31-16(6)33-22(26)10-4/h7-10,15-18H,1-4,11-14H2,5-6H3. The predicted molar refractivity (Wildman–Crippen MR) is 160 cm³/mol. The van der Waals surface area contributed by atoms with E-state index in [4.69, 9.17) is 0 Å². The van der Waals surface area contributed by atoms with Gasteiger partial charge in [-0.05, 0) is 38.2 Å². The van der Waals surface area contributed by atoms with Crippen LogP contribution in [0, 0.1) is 0 Å². The molecule has 0 aromatic heterocycles. The van der Waals surface area contributed by atoms with Crippen molar-refractivity contribution in [2.24, 2.45) is 0 Å². The van der Waals surface area contributed by atoms with Gasteiger partial charge < -0.3 is 0 Å². The summed E-state index contributed by atoms with van der Waals surface area (Å²) in [7, 11) is 0. The molecule has 4 atom stereocenters. The third kappa shape index (κ3) is 18.1. The molecule has 0 rings (SSSR count). The van der Waals surface area contributed by atoms with Crippen LogP contribution in [0.1, 0.15) is 13.8 Å². The predicted octanol–water partition coefficient (Wildman–Crippen LogP) is 6.40. The topological polar surface area (TPSA) is 68.3 Å². The molecule has 0 aromatic rings. The third-order valence-corrected chi connectivity index (χ3v) is 12.5. The Morgan fingerprint density at radius 3 is 1.24 bits per heavy atom. The van der Waals surface area contributed by atoms with E-state index < -0.39 is 0 Å². The van der Waals surface area contributed by atoms with Gasteiger partial charge in [0.1, 0.15) is 0 Å². The fourth-order valence-corrected chi connectivity index (χ4v) is 10.6. The Labute approximate surface area is 227 Å². The number of hydrogen-bond acceptors (Lipinski definition) is 11. The maximum absolute atomic E-state index is 11.7. The van der Waals surface area contributed by atoms with Gasteiger partial charge in [0.25, 0.3) is 0 Å². The van der Waals surface area contributed by atoms with E-state index in [9.17, 15) is 19.2 Å². The summed E-state index contributed by atoms with van der Waals surface area (Å²) < 4.78 is 0.0700. The van der Waals surface area contributed by atoms with E-state index in [1.807, 2.05) is 13.8 Å². The summed E-state index contributed by atoms with van der Waals surface area (Å²) in [4.78, 5) is 46.7. The number of hydrogen-bond donors (Lipinski definition) is 0. The average molecular weight is 583 g/mol. The van der Waals surface area contributed by atoms with Gasteiger partial charge in [0.05, 0.1) is 9.16 Å². The maximum atomic E-state index is 11.7. The molecule has 0 amide bonds. The van der Waals surface area contributed by atoms with Crippen molar-refractivity contribution >= 4 is 103 Å². The maximum Gasteiger partial charge on any atom is 0.212 e. The van der Waals surface area contributed by atoms with Crippen molar-refractivity contribution in [3.63, 3.8) is 0 Å². The molecule has 11 heteroatoms. The average Bonchev–Trinajstić information content (AvgIpc) is 2.79. The van der Waals surface area contributed by atoms with E-state index in [0.29, 0.717) is 11.5 Å². The number of carbonyl (C=O) groups is 4. The minimum atomic E-state index is -0.0721. The highest BCUT2D eigenvalue weighted by Gasteiger charge is 2.21. The molecule has 0 aliphatic heterocycles. The molecule has 33 heavy (non-hydrogen) atoms. The van der Waals surface area contributed by atoms with Gasteiger partial charge in [-0.25, -0.2) is 0 Å². The molecule has 0 aromatic carbocycles. The molecule has 0 radical (unpaired) electrons. The van der Waals surface area contributed by atoms with Crippen molar-refractivity contribution in [2.45, 2.75) is 33.5 Å². The molecule has 0 heterocycles. The Balaban J connectivity index is 4.99. The lowest BCUT2D eigenvalue weighted by molar-refractivity contribution is -0.107. The Bertz CT molecular complexity index is 653. The van der Waals surface area contributed by atoms with Gasteiger partial charge in [-0.15, -0.1) is 23.5 Å². The van der Waals surface area contributed by atoms with Crippen molar-refractivity contribution in [3.05, 3.63) is 50.6 Å². The Morgan fingerprint density at radius 2 is 0.939 bits per heavy atom. The molecule has 0 aliphatic carbocycles. The first-order valence-corrected chi connectivity index (χ1v) is 16.5. The molecule has 0 bridgehead atoms. The van der Waals surface area contributed by atoms with Crippen LogP contribution in [-0.2, 0) is 19.2 Å². The molecule has 0 N–H and O–H groups in total. The second-order valence-corrected chi connectivity index (χ2v) is 15.8. The molecular formula is C22H30O4S7. The third-order valence-electron chi connectivity index (χ3n) is 3.43. The molecule has 184 valence electrons. The van der Waals surface area contributed by atoms with Crippen LogP contribution in [0.25, 0.3) is 0 Å². The normalized spacial score (nSPS) is 14.4. The molecule has 0 fully saturated rings. The van der Waals surface area contributed by atoms with Gasteiger partial charge in [-0.1, -0.05) is 73.4 Å². The molecule has 4 unspecified atom stereocenters. The number of thioether (sulfide) groups is 7.